The number of hydrogen-bond acceptors (Lipinski definition) is 3. The number of thiophene rings is 1. The highest BCUT2D eigenvalue weighted by molar-refractivity contribution is 7.12. The first kappa shape index (κ1) is 14.0. The number of nitrogens with zero attached hydrogens (tertiary/aromatic N) is 1. The van der Waals surface area contributed by atoms with Crippen molar-refractivity contribution in [2.24, 2.45) is 0 Å². The summed E-state index contributed by atoms with van der Waals surface area (Å²) in [5.41, 5.74) is 1.45. The Morgan fingerprint density at radius 2 is 2.22 bits per heavy atom. The lowest BCUT2D eigenvalue weighted by molar-refractivity contribution is 0.130. The Balaban J connectivity index is 1.91. The average molecular weight is 266 g/mol. The summed E-state index contributed by atoms with van der Waals surface area (Å²) < 4.78 is 0. The molecule has 0 bridgehead atoms. The first-order chi connectivity index (χ1) is 8.60. The van der Waals surface area contributed by atoms with Crippen LogP contribution in [-0.2, 0) is 6.54 Å². The highest BCUT2D eigenvalue weighted by atomic mass is 32.1. The number of hydrogen-bond donors (Lipinski definition) is 1. The minimum Gasteiger partial charge on any atom is -0.314 e. The molecule has 0 aromatic carbocycles. The molecule has 0 radical (unpaired) electrons. The smallest absolute Gasteiger partial charge is 0.0330 e. The molecule has 0 amide bonds. The van der Waals surface area contributed by atoms with E-state index < -0.39 is 0 Å². The second-order valence-electron chi connectivity index (χ2n) is 5.55. The number of piperidine rings is 1. The standard InChI is InChI=1S/C15H26N2S/c1-5-16-14-6-7-17(12(3)9-14)10-15-8-11(2)13(4)18-15/h8,12,14,16H,5-7,9-10H2,1-4H3. The predicted octanol–water partition coefficient (Wildman–Crippen LogP) is 3.33. The van der Waals surface area contributed by atoms with E-state index >= 15 is 0 Å². The third-order valence-corrected chi connectivity index (χ3v) is 5.22. The van der Waals surface area contributed by atoms with E-state index in [0.717, 1.165) is 19.1 Å². The second kappa shape index (κ2) is 6.18. The van der Waals surface area contributed by atoms with Crippen LogP contribution in [0.4, 0.5) is 0 Å². The molecule has 1 N–H and O–H groups in total. The second-order valence-corrected chi connectivity index (χ2v) is 6.89. The van der Waals surface area contributed by atoms with Gasteiger partial charge in [0.25, 0.3) is 0 Å². The zero-order valence-corrected chi connectivity index (χ0v) is 12.9. The minimum absolute atomic E-state index is 0.700. The van der Waals surface area contributed by atoms with E-state index in [9.17, 15) is 0 Å². The monoisotopic (exact) mass is 266 g/mol. The van der Waals surface area contributed by atoms with Gasteiger partial charge in [-0.15, -0.1) is 11.3 Å². The molecule has 2 rings (SSSR count). The number of likely N-dealkylation sites (tertiary alicyclic amines) is 1. The van der Waals surface area contributed by atoms with Crippen molar-refractivity contribution in [3.63, 3.8) is 0 Å². The van der Waals surface area contributed by atoms with Crippen LogP contribution in [0.3, 0.4) is 0 Å². The van der Waals surface area contributed by atoms with Crippen LogP contribution in [0, 0.1) is 13.8 Å². The van der Waals surface area contributed by atoms with Crippen molar-refractivity contribution in [3.8, 4) is 0 Å². The maximum absolute atomic E-state index is 3.59. The molecule has 2 atom stereocenters. The molecule has 3 heteroatoms. The molecule has 0 aliphatic carbocycles. The molecule has 0 spiro atoms. The van der Waals surface area contributed by atoms with Gasteiger partial charge in [-0.2, -0.15) is 0 Å². The number of rotatable bonds is 4. The number of nitrogens with one attached hydrogen (secondary N) is 1. The molecule has 1 fully saturated rings. The maximum atomic E-state index is 3.59. The molecule has 2 heterocycles. The van der Waals surface area contributed by atoms with Crippen LogP contribution < -0.4 is 5.32 Å². The minimum atomic E-state index is 0.700. The molecule has 102 valence electrons. The van der Waals surface area contributed by atoms with Gasteiger partial charge in [-0.1, -0.05) is 6.92 Å². The average Bonchev–Trinajstić information content (AvgIpc) is 2.62. The van der Waals surface area contributed by atoms with E-state index in [4.69, 9.17) is 0 Å². The van der Waals surface area contributed by atoms with Gasteiger partial charge in [0.2, 0.25) is 0 Å². The van der Waals surface area contributed by atoms with Crippen LogP contribution >= 0.6 is 11.3 Å². The maximum Gasteiger partial charge on any atom is 0.0330 e. The molecule has 0 saturated carbocycles. The van der Waals surface area contributed by atoms with E-state index in [-0.39, 0.29) is 0 Å². The van der Waals surface area contributed by atoms with Crippen LogP contribution in [0.15, 0.2) is 6.07 Å². The van der Waals surface area contributed by atoms with Crippen molar-refractivity contribution in [2.45, 2.75) is 59.2 Å². The van der Waals surface area contributed by atoms with Crippen LogP contribution in [0.1, 0.15) is 42.0 Å². The van der Waals surface area contributed by atoms with Crippen molar-refractivity contribution in [3.05, 3.63) is 21.4 Å². The molecule has 2 unspecified atom stereocenters. The Bertz CT molecular complexity index is 366. The predicted molar refractivity (Wildman–Crippen MR) is 80.4 cm³/mol. The van der Waals surface area contributed by atoms with Gasteiger partial charge in [0.05, 0.1) is 0 Å². The fourth-order valence-corrected chi connectivity index (χ4v) is 3.94. The molecular formula is C15H26N2S. The van der Waals surface area contributed by atoms with Crippen molar-refractivity contribution in [2.75, 3.05) is 13.1 Å². The number of aryl methyl sites for hydroxylation is 2. The van der Waals surface area contributed by atoms with Gasteiger partial charge in [-0.25, -0.2) is 0 Å². The summed E-state index contributed by atoms with van der Waals surface area (Å²) in [6.07, 6.45) is 2.58. The molecule has 1 saturated heterocycles. The molecule has 2 nitrogen and oxygen atoms in total. The first-order valence-electron chi connectivity index (χ1n) is 7.13. The van der Waals surface area contributed by atoms with E-state index in [1.807, 2.05) is 11.3 Å². The van der Waals surface area contributed by atoms with E-state index in [2.05, 4.69) is 44.0 Å². The fraction of sp³-hybridized carbons (Fsp3) is 0.733. The summed E-state index contributed by atoms with van der Waals surface area (Å²) >= 11 is 1.96. The Morgan fingerprint density at radius 3 is 2.78 bits per heavy atom. The van der Waals surface area contributed by atoms with Gasteiger partial charge < -0.3 is 5.32 Å². The Labute approximate surface area is 115 Å². The molecule has 1 aromatic heterocycles. The highest BCUT2D eigenvalue weighted by Crippen LogP contribution is 2.25. The van der Waals surface area contributed by atoms with E-state index in [0.29, 0.717) is 6.04 Å². The summed E-state index contributed by atoms with van der Waals surface area (Å²) in [4.78, 5) is 5.64. The lowest BCUT2D eigenvalue weighted by Crippen LogP contribution is -2.46. The van der Waals surface area contributed by atoms with Crippen molar-refractivity contribution in [1.82, 2.24) is 10.2 Å². The largest absolute Gasteiger partial charge is 0.314 e. The highest BCUT2D eigenvalue weighted by Gasteiger charge is 2.25. The quantitative estimate of drug-likeness (QED) is 0.899. The fourth-order valence-electron chi connectivity index (χ4n) is 2.86. The topological polar surface area (TPSA) is 15.3 Å². The first-order valence-corrected chi connectivity index (χ1v) is 7.95. The van der Waals surface area contributed by atoms with Crippen LogP contribution in [0.25, 0.3) is 0 Å². The van der Waals surface area contributed by atoms with E-state index in [1.54, 1.807) is 0 Å². The van der Waals surface area contributed by atoms with Crippen LogP contribution in [-0.4, -0.2) is 30.1 Å². The van der Waals surface area contributed by atoms with Gasteiger partial charge in [-0.05, 0) is 51.8 Å². The van der Waals surface area contributed by atoms with Gasteiger partial charge in [0, 0.05) is 34.9 Å². The summed E-state index contributed by atoms with van der Waals surface area (Å²) in [5, 5.41) is 3.59. The van der Waals surface area contributed by atoms with Crippen molar-refractivity contribution < 1.29 is 0 Å². The molecule has 1 aliphatic rings. The Hall–Kier alpha value is -0.380. The zero-order valence-electron chi connectivity index (χ0n) is 12.1. The van der Waals surface area contributed by atoms with Crippen molar-refractivity contribution in [1.29, 1.82) is 0 Å². The van der Waals surface area contributed by atoms with E-state index in [1.165, 1.54) is 34.7 Å². The molecule has 1 aliphatic heterocycles. The van der Waals surface area contributed by atoms with Crippen LogP contribution in [0.5, 0.6) is 0 Å². The summed E-state index contributed by atoms with van der Waals surface area (Å²) in [5.74, 6) is 0. The molecule has 1 aromatic rings. The van der Waals surface area contributed by atoms with Gasteiger partial charge in [0.15, 0.2) is 0 Å². The summed E-state index contributed by atoms with van der Waals surface area (Å²) in [7, 11) is 0. The lowest BCUT2D eigenvalue weighted by Gasteiger charge is -2.37. The molecular weight excluding hydrogens is 240 g/mol. The lowest BCUT2D eigenvalue weighted by atomic mass is 9.98. The van der Waals surface area contributed by atoms with Crippen LogP contribution in [0.2, 0.25) is 0 Å². The Kier molecular flexibility index (Phi) is 4.82. The molecule has 18 heavy (non-hydrogen) atoms. The third-order valence-electron chi connectivity index (χ3n) is 4.08. The Morgan fingerprint density at radius 1 is 1.44 bits per heavy atom. The van der Waals surface area contributed by atoms with Gasteiger partial charge in [-0.3, -0.25) is 4.90 Å². The summed E-state index contributed by atoms with van der Waals surface area (Å²) in [6, 6.07) is 3.79. The van der Waals surface area contributed by atoms with Crippen molar-refractivity contribution >= 4 is 11.3 Å². The SMILES string of the molecule is CCNC1CCN(Cc2cc(C)c(C)s2)C(C)C1. The third kappa shape index (κ3) is 3.34. The summed E-state index contributed by atoms with van der Waals surface area (Å²) in [6.45, 7) is 12.5. The van der Waals surface area contributed by atoms with Gasteiger partial charge >= 0.3 is 0 Å². The zero-order chi connectivity index (χ0) is 13.1. The van der Waals surface area contributed by atoms with Gasteiger partial charge in [0.1, 0.15) is 0 Å². The normalized spacial score (nSPS) is 25.6.